The molecule has 0 saturated heterocycles. The molecule has 0 unspecified atom stereocenters. The van der Waals surface area contributed by atoms with Gasteiger partial charge in [0.05, 0.1) is 5.69 Å². The molecule has 1 aliphatic rings. The molecule has 19 heavy (non-hydrogen) atoms. The number of hydrogen-bond donors (Lipinski definition) is 1. The Kier molecular flexibility index (Phi) is 2.71. The third-order valence-corrected chi connectivity index (χ3v) is 3.36. The van der Waals surface area contributed by atoms with E-state index in [1.54, 1.807) is 0 Å². The number of benzene rings is 1. The van der Waals surface area contributed by atoms with Crippen molar-refractivity contribution in [3.63, 3.8) is 0 Å². The van der Waals surface area contributed by atoms with E-state index in [0.717, 1.165) is 11.3 Å². The molecule has 2 aromatic rings. The molecule has 4 nitrogen and oxygen atoms in total. The van der Waals surface area contributed by atoms with Crippen LogP contribution in [0, 0.1) is 13.8 Å². The molecule has 0 spiro atoms. The van der Waals surface area contributed by atoms with E-state index in [2.05, 4.69) is 30.2 Å². The second-order valence-electron chi connectivity index (χ2n) is 4.63. The minimum atomic E-state index is -0.168. The minimum Gasteiger partial charge on any atom is -0.480 e. The molecule has 1 aromatic heterocycles. The van der Waals surface area contributed by atoms with Gasteiger partial charge in [-0.05, 0) is 37.1 Å². The van der Waals surface area contributed by atoms with E-state index in [-0.39, 0.29) is 12.5 Å². The Morgan fingerprint density at radius 2 is 2.05 bits per heavy atom. The van der Waals surface area contributed by atoms with E-state index in [1.165, 1.54) is 11.1 Å². The number of amides is 1. The monoisotopic (exact) mass is 254 g/mol. The fourth-order valence-electron chi connectivity index (χ4n) is 2.14. The number of hydrogen-bond acceptors (Lipinski definition) is 3. The van der Waals surface area contributed by atoms with E-state index < -0.39 is 0 Å². The van der Waals surface area contributed by atoms with Crippen LogP contribution in [0.2, 0.25) is 0 Å². The molecule has 3 rings (SSSR count). The summed E-state index contributed by atoms with van der Waals surface area (Å²) in [6.45, 7) is 4.19. The third kappa shape index (κ3) is 2.05. The maximum Gasteiger partial charge on any atom is 0.263 e. The Morgan fingerprint density at radius 3 is 2.89 bits per heavy atom. The molecule has 4 heteroatoms. The van der Waals surface area contributed by atoms with Crippen LogP contribution in [-0.4, -0.2) is 17.5 Å². The van der Waals surface area contributed by atoms with Crippen molar-refractivity contribution in [2.24, 2.45) is 0 Å². The molecule has 0 aliphatic carbocycles. The lowest BCUT2D eigenvalue weighted by molar-refractivity contribution is -0.118. The van der Waals surface area contributed by atoms with Gasteiger partial charge in [-0.15, -0.1) is 0 Å². The lowest BCUT2D eigenvalue weighted by Crippen LogP contribution is -2.26. The van der Waals surface area contributed by atoms with E-state index in [4.69, 9.17) is 4.74 Å². The Bertz CT molecular complexity index is 665. The SMILES string of the molecule is Cc1cccc(-c2ccc3c(n2)NC(=O)CO3)c1C. The summed E-state index contributed by atoms with van der Waals surface area (Å²) in [7, 11) is 0. The first-order valence-electron chi connectivity index (χ1n) is 6.15. The predicted octanol–water partition coefficient (Wildman–Crippen LogP) is 2.70. The summed E-state index contributed by atoms with van der Waals surface area (Å²) in [4.78, 5) is 15.8. The van der Waals surface area contributed by atoms with Crippen LogP contribution in [0.1, 0.15) is 11.1 Å². The van der Waals surface area contributed by atoms with Gasteiger partial charge in [-0.3, -0.25) is 4.79 Å². The van der Waals surface area contributed by atoms with Gasteiger partial charge in [-0.2, -0.15) is 0 Å². The Hall–Kier alpha value is -2.36. The number of ether oxygens (including phenoxy) is 1. The van der Waals surface area contributed by atoms with Crippen molar-refractivity contribution >= 4 is 11.7 Å². The number of nitrogens with zero attached hydrogens (tertiary/aromatic N) is 1. The molecule has 1 aliphatic heterocycles. The Balaban J connectivity index is 2.09. The summed E-state index contributed by atoms with van der Waals surface area (Å²) in [6, 6.07) is 9.87. The average Bonchev–Trinajstić information content (AvgIpc) is 2.41. The second-order valence-corrected chi connectivity index (χ2v) is 4.63. The topological polar surface area (TPSA) is 51.2 Å². The van der Waals surface area contributed by atoms with Gasteiger partial charge >= 0.3 is 0 Å². The van der Waals surface area contributed by atoms with Crippen molar-refractivity contribution < 1.29 is 9.53 Å². The van der Waals surface area contributed by atoms with Gasteiger partial charge in [-0.1, -0.05) is 18.2 Å². The van der Waals surface area contributed by atoms with Gasteiger partial charge in [-0.25, -0.2) is 4.98 Å². The average molecular weight is 254 g/mol. The van der Waals surface area contributed by atoms with Crippen LogP contribution in [0.15, 0.2) is 30.3 Å². The number of rotatable bonds is 1. The molecule has 1 N–H and O–H groups in total. The highest BCUT2D eigenvalue weighted by Crippen LogP contribution is 2.31. The fourth-order valence-corrected chi connectivity index (χ4v) is 2.14. The summed E-state index contributed by atoms with van der Waals surface area (Å²) in [5.74, 6) is 0.946. The van der Waals surface area contributed by atoms with Crippen LogP contribution in [0.25, 0.3) is 11.3 Å². The lowest BCUT2D eigenvalue weighted by atomic mass is 10.0. The molecule has 1 aromatic carbocycles. The quantitative estimate of drug-likeness (QED) is 0.851. The number of pyridine rings is 1. The van der Waals surface area contributed by atoms with Crippen molar-refractivity contribution in [2.75, 3.05) is 11.9 Å². The number of nitrogens with one attached hydrogen (secondary N) is 1. The zero-order valence-corrected chi connectivity index (χ0v) is 10.9. The molecule has 0 bridgehead atoms. The number of aromatic nitrogens is 1. The largest absolute Gasteiger partial charge is 0.480 e. The zero-order valence-electron chi connectivity index (χ0n) is 10.9. The molecule has 0 saturated carbocycles. The first-order valence-corrected chi connectivity index (χ1v) is 6.15. The molecular formula is C15H14N2O2. The maximum atomic E-state index is 11.3. The fraction of sp³-hybridized carbons (Fsp3) is 0.200. The van der Waals surface area contributed by atoms with Gasteiger partial charge < -0.3 is 10.1 Å². The summed E-state index contributed by atoms with van der Waals surface area (Å²) >= 11 is 0. The molecule has 0 radical (unpaired) electrons. The summed E-state index contributed by atoms with van der Waals surface area (Å²) in [5.41, 5.74) is 4.32. The van der Waals surface area contributed by atoms with Crippen LogP contribution < -0.4 is 10.1 Å². The normalized spacial score (nSPS) is 13.5. The molecule has 2 heterocycles. The van der Waals surface area contributed by atoms with Crippen LogP contribution in [0.4, 0.5) is 5.82 Å². The maximum absolute atomic E-state index is 11.3. The molecular weight excluding hydrogens is 240 g/mol. The summed E-state index contributed by atoms with van der Waals surface area (Å²) in [5, 5.41) is 2.73. The zero-order chi connectivity index (χ0) is 13.4. The van der Waals surface area contributed by atoms with Crippen molar-refractivity contribution in [3.05, 3.63) is 41.5 Å². The van der Waals surface area contributed by atoms with Gasteiger partial charge in [0.15, 0.2) is 18.2 Å². The number of carbonyl (C=O) groups is 1. The van der Waals surface area contributed by atoms with Crippen LogP contribution in [-0.2, 0) is 4.79 Å². The van der Waals surface area contributed by atoms with Gasteiger partial charge in [0, 0.05) is 5.56 Å². The molecule has 0 fully saturated rings. The molecule has 0 atom stereocenters. The highest BCUT2D eigenvalue weighted by atomic mass is 16.5. The Morgan fingerprint density at radius 1 is 1.21 bits per heavy atom. The van der Waals surface area contributed by atoms with Crippen LogP contribution in [0.5, 0.6) is 5.75 Å². The number of carbonyl (C=O) groups excluding carboxylic acids is 1. The molecule has 96 valence electrons. The van der Waals surface area contributed by atoms with Crippen LogP contribution >= 0.6 is 0 Å². The highest BCUT2D eigenvalue weighted by molar-refractivity contribution is 5.94. The second kappa shape index (κ2) is 4.39. The van der Waals surface area contributed by atoms with E-state index in [0.29, 0.717) is 11.6 Å². The third-order valence-electron chi connectivity index (χ3n) is 3.36. The van der Waals surface area contributed by atoms with E-state index >= 15 is 0 Å². The lowest BCUT2D eigenvalue weighted by Gasteiger charge is -2.18. The number of anilines is 1. The first-order chi connectivity index (χ1) is 9.15. The van der Waals surface area contributed by atoms with Crippen molar-refractivity contribution in [1.82, 2.24) is 4.98 Å². The summed E-state index contributed by atoms with van der Waals surface area (Å²) in [6.07, 6.45) is 0. The Labute approximate surface area is 111 Å². The smallest absolute Gasteiger partial charge is 0.263 e. The summed E-state index contributed by atoms with van der Waals surface area (Å²) < 4.78 is 5.31. The predicted molar refractivity (Wildman–Crippen MR) is 73.3 cm³/mol. The first kappa shape index (κ1) is 11.7. The number of aryl methyl sites for hydroxylation is 1. The van der Waals surface area contributed by atoms with Crippen LogP contribution in [0.3, 0.4) is 0 Å². The van der Waals surface area contributed by atoms with Gasteiger partial charge in [0.1, 0.15) is 0 Å². The standard InChI is InChI=1S/C15H14N2O2/c1-9-4-3-5-11(10(9)2)12-6-7-13-15(16-12)17-14(18)8-19-13/h3-7H,8H2,1-2H3,(H,16,17,18). The molecule has 1 amide bonds. The van der Waals surface area contributed by atoms with Crippen molar-refractivity contribution in [1.29, 1.82) is 0 Å². The van der Waals surface area contributed by atoms with Gasteiger partial charge in [0.25, 0.3) is 5.91 Å². The van der Waals surface area contributed by atoms with E-state index in [1.807, 2.05) is 24.3 Å². The van der Waals surface area contributed by atoms with Crippen molar-refractivity contribution in [3.8, 4) is 17.0 Å². The van der Waals surface area contributed by atoms with Crippen molar-refractivity contribution in [2.45, 2.75) is 13.8 Å². The number of fused-ring (bicyclic) bond motifs is 1. The van der Waals surface area contributed by atoms with E-state index in [9.17, 15) is 4.79 Å². The highest BCUT2D eigenvalue weighted by Gasteiger charge is 2.18. The minimum absolute atomic E-state index is 0.0531. The van der Waals surface area contributed by atoms with Gasteiger partial charge in [0.2, 0.25) is 0 Å².